The van der Waals surface area contributed by atoms with Crippen LogP contribution in [0.4, 0.5) is 4.79 Å². The van der Waals surface area contributed by atoms with Crippen LogP contribution in [-0.4, -0.2) is 42.7 Å². The molecule has 0 saturated carbocycles. The molecule has 8 nitrogen and oxygen atoms in total. The van der Waals surface area contributed by atoms with E-state index in [-0.39, 0.29) is 24.2 Å². The first kappa shape index (κ1) is 18.7. The molecule has 3 amide bonds. The molecule has 2 aromatic carbocycles. The van der Waals surface area contributed by atoms with Gasteiger partial charge in [0, 0.05) is 11.6 Å². The summed E-state index contributed by atoms with van der Waals surface area (Å²) in [5, 5.41) is 15.3. The Balaban J connectivity index is 1.62. The molecule has 0 aromatic heterocycles. The Kier molecular flexibility index (Phi) is 4.75. The van der Waals surface area contributed by atoms with Crippen molar-refractivity contribution in [1.29, 1.82) is 0 Å². The molecule has 0 radical (unpaired) electrons. The zero-order valence-electron chi connectivity index (χ0n) is 16.1. The number of aromatic hydroxyl groups is 1. The molecular formula is C21H21N3O5. The van der Waals surface area contributed by atoms with Gasteiger partial charge in [0.2, 0.25) is 0 Å². The van der Waals surface area contributed by atoms with Gasteiger partial charge in [0.1, 0.15) is 17.2 Å². The van der Waals surface area contributed by atoms with E-state index >= 15 is 0 Å². The van der Waals surface area contributed by atoms with Gasteiger partial charge in [-0.15, -0.1) is 0 Å². The van der Waals surface area contributed by atoms with Crippen molar-refractivity contribution in [3.05, 3.63) is 64.9 Å². The van der Waals surface area contributed by atoms with E-state index in [1.54, 1.807) is 49.5 Å². The van der Waals surface area contributed by atoms with Gasteiger partial charge in [-0.25, -0.2) is 4.79 Å². The average Bonchev–Trinajstić information content (AvgIpc) is 3.02. The quantitative estimate of drug-likeness (QED) is 0.720. The van der Waals surface area contributed by atoms with E-state index in [0.717, 1.165) is 5.56 Å². The molecule has 3 N–H and O–H groups in total. The maximum absolute atomic E-state index is 13.2. The van der Waals surface area contributed by atoms with Crippen molar-refractivity contribution in [3.8, 4) is 17.2 Å². The summed E-state index contributed by atoms with van der Waals surface area (Å²) in [7, 11) is 3.14. The predicted octanol–water partition coefficient (Wildman–Crippen LogP) is 2.06. The van der Waals surface area contributed by atoms with Crippen LogP contribution in [0.15, 0.2) is 53.7 Å². The SMILES string of the molecule is COc1ccc(CN2CC3=C(C2=O)C(c2cccc(O)c2)NC(=O)N3)c(OC)c1. The molecular weight excluding hydrogens is 374 g/mol. The second-order valence-corrected chi connectivity index (χ2v) is 6.86. The number of carbonyl (C=O) groups is 2. The number of hydrogen-bond acceptors (Lipinski definition) is 5. The molecule has 0 fully saturated rings. The lowest BCUT2D eigenvalue weighted by Gasteiger charge is -2.25. The summed E-state index contributed by atoms with van der Waals surface area (Å²) < 4.78 is 10.7. The molecule has 1 atom stereocenters. The van der Waals surface area contributed by atoms with Crippen molar-refractivity contribution in [2.45, 2.75) is 12.6 Å². The number of hydrogen-bond donors (Lipinski definition) is 3. The molecule has 0 aliphatic carbocycles. The van der Waals surface area contributed by atoms with Crippen LogP contribution in [-0.2, 0) is 11.3 Å². The highest BCUT2D eigenvalue weighted by molar-refractivity contribution is 6.01. The fourth-order valence-corrected chi connectivity index (χ4v) is 3.70. The van der Waals surface area contributed by atoms with E-state index in [0.29, 0.717) is 34.9 Å². The molecule has 4 rings (SSSR count). The van der Waals surface area contributed by atoms with Crippen LogP contribution in [0.2, 0.25) is 0 Å². The highest BCUT2D eigenvalue weighted by Crippen LogP contribution is 2.35. The number of urea groups is 1. The maximum atomic E-state index is 13.2. The van der Waals surface area contributed by atoms with E-state index in [1.165, 1.54) is 0 Å². The Hall–Kier alpha value is -3.68. The minimum absolute atomic E-state index is 0.0719. The molecule has 2 aliphatic heterocycles. The van der Waals surface area contributed by atoms with E-state index in [4.69, 9.17) is 9.47 Å². The standard InChI is InChI=1S/C21H21N3O5/c1-28-15-7-6-13(17(9-15)29-2)10-24-11-16-18(20(24)26)19(23-21(27)22-16)12-4-3-5-14(25)8-12/h3-9,19,25H,10-11H2,1-2H3,(H2,22,23,27). The summed E-state index contributed by atoms with van der Waals surface area (Å²) in [6.45, 7) is 0.605. The van der Waals surface area contributed by atoms with Crippen LogP contribution in [0.25, 0.3) is 0 Å². The lowest BCUT2D eigenvalue weighted by atomic mass is 9.96. The van der Waals surface area contributed by atoms with Crippen molar-refractivity contribution in [2.75, 3.05) is 20.8 Å². The second kappa shape index (κ2) is 7.38. The predicted molar refractivity (Wildman–Crippen MR) is 105 cm³/mol. The van der Waals surface area contributed by atoms with Crippen LogP contribution < -0.4 is 20.1 Å². The van der Waals surface area contributed by atoms with Gasteiger partial charge in [0.15, 0.2) is 0 Å². The number of methoxy groups -OCH3 is 2. The van der Waals surface area contributed by atoms with Gasteiger partial charge in [-0.1, -0.05) is 12.1 Å². The summed E-state index contributed by atoms with van der Waals surface area (Å²) in [5.74, 6) is 1.17. The summed E-state index contributed by atoms with van der Waals surface area (Å²) in [6, 6.07) is 11.0. The largest absolute Gasteiger partial charge is 0.508 e. The van der Waals surface area contributed by atoms with Crippen molar-refractivity contribution in [3.63, 3.8) is 0 Å². The molecule has 2 heterocycles. The van der Waals surface area contributed by atoms with Crippen molar-refractivity contribution >= 4 is 11.9 Å². The summed E-state index contributed by atoms with van der Waals surface area (Å²) >= 11 is 0. The van der Waals surface area contributed by atoms with Crippen molar-refractivity contribution in [2.24, 2.45) is 0 Å². The number of carbonyl (C=O) groups excluding carboxylic acids is 2. The fourth-order valence-electron chi connectivity index (χ4n) is 3.70. The van der Waals surface area contributed by atoms with Gasteiger partial charge in [-0.3, -0.25) is 4.79 Å². The van der Waals surface area contributed by atoms with Crippen LogP contribution in [0.1, 0.15) is 17.2 Å². The highest BCUT2D eigenvalue weighted by Gasteiger charge is 2.40. The molecule has 0 bridgehead atoms. The lowest BCUT2D eigenvalue weighted by Crippen LogP contribution is -2.44. The number of benzene rings is 2. The lowest BCUT2D eigenvalue weighted by molar-refractivity contribution is -0.126. The summed E-state index contributed by atoms with van der Waals surface area (Å²) in [5.41, 5.74) is 2.52. The molecule has 0 spiro atoms. The minimum Gasteiger partial charge on any atom is -0.508 e. The van der Waals surface area contributed by atoms with E-state index in [2.05, 4.69) is 10.6 Å². The smallest absolute Gasteiger partial charge is 0.319 e. The third-order valence-electron chi connectivity index (χ3n) is 5.08. The normalized spacial score (nSPS) is 18.3. The summed E-state index contributed by atoms with van der Waals surface area (Å²) in [4.78, 5) is 27.0. The number of phenolic OH excluding ortho intramolecular Hbond substituents is 1. The zero-order valence-corrected chi connectivity index (χ0v) is 16.1. The highest BCUT2D eigenvalue weighted by atomic mass is 16.5. The Morgan fingerprint density at radius 1 is 1.14 bits per heavy atom. The molecule has 29 heavy (non-hydrogen) atoms. The molecule has 2 aromatic rings. The molecule has 8 heteroatoms. The fraction of sp³-hybridized carbons (Fsp3) is 0.238. The zero-order chi connectivity index (χ0) is 20.5. The minimum atomic E-state index is -0.624. The van der Waals surface area contributed by atoms with Crippen LogP contribution in [0.3, 0.4) is 0 Å². The van der Waals surface area contributed by atoms with E-state index in [9.17, 15) is 14.7 Å². The van der Waals surface area contributed by atoms with E-state index in [1.807, 2.05) is 12.1 Å². The first-order chi connectivity index (χ1) is 14.0. The second-order valence-electron chi connectivity index (χ2n) is 6.86. The Labute approximate surface area is 167 Å². The molecule has 2 aliphatic rings. The van der Waals surface area contributed by atoms with Crippen LogP contribution >= 0.6 is 0 Å². The van der Waals surface area contributed by atoms with Gasteiger partial charge < -0.3 is 30.1 Å². The third kappa shape index (κ3) is 3.44. The number of nitrogens with one attached hydrogen (secondary N) is 2. The number of nitrogens with zero attached hydrogens (tertiary/aromatic N) is 1. The van der Waals surface area contributed by atoms with Crippen molar-refractivity contribution < 1.29 is 24.2 Å². The van der Waals surface area contributed by atoms with Gasteiger partial charge >= 0.3 is 6.03 Å². The number of rotatable bonds is 5. The van der Waals surface area contributed by atoms with Gasteiger partial charge in [-0.05, 0) is 29.8 Å². The van der Waals surface area contributed by atoms with Crippen LogP contribution in [0, 0.1) is 0 Å². The average molecular weight is 395 g/mol. The Morgan fingerprint density at radius 3 is 2.69 bits per heavy atom. The van der Waals surface area contributed by atoms with Gasteiger partial charge in [0.05, 0.1) is 44.6 Å². The topological polar surface area (TPSA) is 100 Å². The first-order valence-corrected chi connectivity index (χ1v) is 9.10. The number of amides is 3. The summed E-state index contributed by atoms with van der Waals surface area (Å²) in [6.07, 6.45) is 0. The Bertz CT molecular complexity index is 1020. The maximum Gasteiger partial charge on any atom is 0.319 e. The van der Waals surface area contributed by atoms with Crippen LogP contribution in [0.5, 0.6) is 17.2 Å². The Morgan fingerprint density at radius 2 is 1.97 bits per heavy atom. The third-order valence-corrected chi connectivity index (χ3v) is 5.08. The molecule has 1 unspecified atom stereocenters. The van der Waals surface area contributed by atoms with Crippen molar-refractivity contribution in [1.82, 2.24) is 15.5 Å². The molecule has 150 valence electrons. The van der Waals surface area contributed by atoms with E-state index < -0.39 is 6.04 Å². The van der Waals surface area contributed by atoms with Gasteiger partial charge in [0.25, 0.3) is 5.91 Å². The number of phenols is 1. The monoisotopic (exact) mass is 395 g/mol. The first-order valence-electron chi connectivity index (χ1n) is 9.10. The van der Waals surface area contributed by atoms with Gasteiger partial charge in [-0.2, -0.15) is 0 Å². The number of ether oxygens (including phenoxy) is 2. The molecule has 0 saturated heterocycles.